The number of aromatic nitrogens is 1. The Bertz CT molecular complexity index is 3060. The molecule has 15 heteroatoms. The molecular formula is C56H53N5O9S. The van der Waals surface area contributed by atoms with E-state index in [0.717, 1.165) is 35.3 Å². The summed E-state index contributed by atoms with van der Waals surface area (Å²) in [5.74, 6) is 1.02. The molecule has 1 spiro atoms. The molecule has 0 radical (unpaired) electrons. The number of fused-ring (bicyclic) bond motifs is 4. The number of esters is 2. The maximum absolute atomic E-state index is 16.7. The number of methoxy groups -OCH3 is 1. The van der Waals surface area contributed by atoms with Crippen LogP contribution in [0.4, 0.5) is 15.6 Å². The van der Waals surface area contributed by atoms with Gasteiger partial charge in [0.25, 0.3) is 0 Å². The molecule has 14 nitrogen and oxygen atoms in total. The molecule has 10 rings (SSSR count). The average Bonchev–Trinajstić information content (AvgIpc) is 3.95. The standard InChI is InChI=1S/C56H53N5O9S/c1-33(2)44(50(64)69-3)58-54(67)60-41-27-22-34(28-31-55(68)29-14-4-5-15-30-55)32-39(41)56(52(60)66)43(49(63)59-53-57-40-20-12-13-21-42(40)71-53)46-51(65)70-47(36-18-10-7-11-19-36)45(35-16-8-6-9-17-35)61(46)48(56)37-23-25-38(62)26-24-37/h6-13,16-27,32-33,43-48,62,68H,4-5,14-15,29-30H2,1-3H3,(H,58,67)(H,57,59,63)/t43-,44-,45-,46-,47+,48+,56-/m0/s1. The molecule has 0 unspecified atom stereocenters. The lowest BCUT2D eigenvalue weighted by atomic mass is 9.65. The predicted octanol–water partition coefficient (Wildman–Crippen LogP) is 8.65. The molecular weight excluding hydrogens is 919 g/mol. The van der Waals surface area contributed by atoms with E-state index in [0.29, 0.717) is 40.6 Å². The summed E-state index contributed by atoms with van der Waals surface area (Å²) in [6.07, 6.45) is 3.57. The Labute approximate surface area is 415 Å². The highest BCUT2D eigenvalue weighted by Crippen LogP contribution is 2.66. The lowest BCUT2D eigenvalue weighted by molar-refractivity contribution is -0.177. The number of benzene rings is 5. The summed E-state index contributed by atoms with van der Waals surface area (Å²) in [4.78, 5) is 84.1. The number of carbonyl (C=O) groups excluding carboxylic acids is 5. The normalized spacial score (nSPS) is 24.0. The van der Waals surface area contributed by atoms with E-state index in [9.17, 15) is 15.0 Å². The second-order valence-corrected chi connectivity index (χ2v) is 20.1. The van der Waals surface area contributed by atoms with Crippen LogP contribution < -0.4 is 15.5 Å². The number of carbonyl (C=O) groups is 5. The van der Waals surface area contributed by atoms with Gasteiger partial charge in [-0.1, -0.05) is 135 Å². The Hall–Kier alpha value is -7.38. The van der Waals surface area contributed by atoms with Crippen molar-refractivity contribution in [3.05, 3.63) is 155 Å². The molecule has 4 amide bonds. The monoisotopic (exact) mass is 971 g/mol. The maximum atomic E-state index is 16.7. The van der Waals surface area contributed by atoms with Crippen LogP contribution in [0, 0.1) is 23.7 Å². The maximum Gasteiger partial charge on any atom is 0.329 e. The summed E-state index contributed by atoms with van der Waals surface area (Å²) < 4.78 is 12.5. The number of urea groups is 1. The zero-order valence-electron chi connectivity index (χ0n) is 39.4. The third-order valence-electron chi connectivity index (χ3n) is 14.4. The van der Waals surface area contributed by atoms with Gasteiger partial charge in [-0.2, -0.15) is 0 Å². The number of aromatic hydroxyl groups is 1. The van der Waals surface area contributed by atoms with Crippen LogP contribution in [-0.4, -0.2) is 74.7 Å². The van der Waals surface area contributed by atoms with Crippen LogP contribution in [-0.2, 0) is 34.1 Å². The number of phenolic OH excluding ortho intramolecular Hbond substituents is 1. The largest absolute Gasteiger partial charge is 0.508 e. The second kappa shape index (κ2) is 19.1. The number of phenols is 1. The number of nitrogens with zero attached hydrogens (tertiary/aromatic N) is 3. The van der Waals surface area contributed by atoms with Gasteiger partial charge < -0.3 is 30.3 Å². The van der Waals surface area contributed by atoms with Gasteiger partial charge >= 0.3 is 18.0 Å². The molecule has 4 heterocycles. The SMILES string of the molecule is COC(=O)[C@@H](NC(=O)N1C(=O)[C@@]2(c3cc(C#CC4(O)CCCCCC4)ccc31)[C@H](C(=O)Nc1nc3ccccc3s1)[C@H]1C(=O)O[C@H](c3ccccc3)[C@H](c3ccccc3)N1[C@@H]2c1ccc(O)cc1)C(C)C. The first-order chi connectivity index (χ1) is 34.3. The van der Waals surface area contributed by atoms with Crippen molar-refractivity contribution in [2.45, 2.75) is 93.7 Å². The molecule has 3 fully saturated rings. The summed E-state index contributed by atoms with van der Waals surface area (Å²) in [6.45, 7) is 3.46. The number of nitrogens with one attached hydrogen (secondary N) is 2. The fourth-order valence-corrected chi connectivity index (χ4v) is 12.1. The molecule has 0 bridgehead atoms. The van der Waals surface area contributed by atoms with Crippen molar-refractivity contribution in [3.63, 3.8) is 0 Å². The van der Waals surface area contributed by atoms with E-state index in [2.05, 4.69) is 22.5 Å². The van der Waals surface area contributed by atoms with Crippen molar-refractivity contribution in [3.8, 4) is 17.6 Å². The van der Waals surface area contributed by atoms with Crippen molar-refractivity contribution in [1.29, 1.82) is 0 Å². The van der Waals surface area contributed by atoms with Crippen molar-refractivity contribution < 1.29 is 43.7 Å². The first-order valence-corrected chi connectivity index (χ1v) is 24.8. The number of morpholine rings is 1. The number of ether oxygens (including phenoxy) is 2. The minimum absolute atomic E-state index is 0.0713. The van der Waals surface area contributed by atoms with Gasteiger partial charge in [-0.05, 0) is 96.3 Å². The quantitative estimate of drug-likeness (QED) is 0.0650. The van der Waals surface area contributed by atoms with Crippen LogP contribution in [0.15, 0.2) is 127 Å². The highest BCUT2D eigenvalue weighted by atomic mass is 32.1. The fourth-order valence-electron chi connectivity index (χ4n) is 11.2. The summed E-state index contributed by atoms with van der Waals surface area (Å²) in [5, 5.41) is 28.6. The summed E-state index contributed by atoms with van der Waals surface area (Å²) in [6, 6.07) is 31.4. The summed E-state index contributed by atoms with van der Waals surface area (Å²) >= 11 is 1.22. The molecule has 3 aliphatic heterocycles. The number of hydrogen-bond acceptors (Lipinski definition) is 12. The Kier molecular flexibility index (Phi) is 12.7. The Morgan fingerprint density at radius 1 is 0.831 bits per heavy atom. The minimum Gasteiger partial charge on any atom is -0.508 e. The molecule has 6 aromatic rings. The number of amides is 4. The van der Waals surface area contributed by atoms with Gasteiger partial charge in [0.2, 0.25) is 11.8 Å². The smallest absolute Gasteiger partial charge is 0.329 e. The number of aliphatic hydroxyl groups is 1. The van der Waals surface area contributed by atoms with Crippen molar-refractivity contribution in [1.82, 2.24) is 15.2 Å². The van der Waals surface area contributed by atoms with Gasteiger partial charge in [0, 0.05) is 5.56 Å². The Morgan fingerprint density at radius 3 is 2.15 bits per heavy atom. The fraction of sp³-hybridized carbons (Fsp3) is 0.321. The van der Waals surface area contributed by atoms with E-state index >= 15 is 19.2 Å². The van der Waals surface area contributed by atoms with Gasteiger partial charge in [0.15, 0.2) is 5.13 Å². The highest BCUT2D eigenvalue weighted by Gasteiger charge is 2.75. The van der Waals surface area contributed by atoms with E-state index in [1.54, 1.807) is 44.2 Å². The number of cyclic esters (lactones) is 1. The molecule has 71 heavy (non-hydrogen) atoms. The lowest BCUT2D eigenvalue weighted by Gasteiger charge is -2.46. The topological polar surface area (TPSA) is 188 Å². The number of para-hydroxylation sites is 1. The molecule has 7 atom stereocenters. The van der Waals surface area contributed by atoms with Gasteiger partial charge in [-0.15, -0.1) is 0 Å². The number of anilines is 2. The van der Waals surface area contributed by atoms with Crippen LogP contribution in [0.25, 0.3) is 10.2 Å². The molecule has 5 aromatic carbocycles. The van der Waals surface area contributed by atoms with Gasteiger partial charge in [-0.3, -0.25) is 19.3 Å². The Morgan fingerprint density at radius 2 is 1.49 bits per heavy atom. The third kappa shape index (κ3) is 8.39. The van der Waals surface area contributed by atoms with Crippen molar-refractivity contribution in [2.24, 2.45) is 11.8 Å². The molecule has 1 saturated carbocycles. The molecule has 4 N–H and O–H groups in total. The van der Waals surface area contributed by atoms with Gasteiger partial charge in [-0.25, -0.2) is 19.5 Å². The number of imide groups is 1. The molecule has 4 aliphatic rings. The molecule has 1 aromatic heterocycles. The minimum atomic E-state index is -2.16. The first kappa shape index (κ1) is 47.3. The van der Waals surface area contributed by atoms with E-state index in [1.165, 1.54) is 30.6 Å². The molecule has 362 valence electrons. The number of hydrogen-bond donors (Lipinski definition) is 4. The van der Waals surface area contributed by atoms with E-state index in [4.69, 9.17) is 14.5 Å². The van der Waals surface area contributed by atoms with Crippen LogP contribution in [0.1, 0.15) is 98.4 Å². The third-order valence-corrected chi connectivity index (χ3v) is 15.4. The van der Waals surface area contributed by atoms with E-state index in [-0.39, 0.29) is 22.1 Å². The lowest BCUT2D eigenvalue weighted by Crippen LogP contribution is -2.57. The van der Waals surface area contributed by atoms with Crippen molar-refractivity contribution >= 4 is 62.2 Å². The zero-order chi connectivity index (χ0) is 49.6. The summed E-state index contributed by atoms with van der Waals surface area (Å²) in [7, 11) is 1.21. The Balaban J connectivity index is 1.27. The number of rotatable bonds is 8. The van der Waals surface area contributed by atoms with Crippen LogP contribution in [0.2, 0.25) is 0 Å². The predicted molar refractivity (Wildman–Crippen MR) is 267 cm³/mol. The van der Waals surface area contributed by atoms with Gasteiger partial charge in [0.05, 0.1) is 41.0 Å². The molecule has 1 aliphatic carbocycles. The van der Waals surface area contributed by atoms with E-state index in [1.807, 2.05) is 89.8 Å². The van der Waals surface area contributed by atoms with Crippen LogP contribution >= 0.6 is 11.3 Å². The first-order valence-electron chi connectivity index (χ1n) is 24.0. The highest BCUT2D eigenvalue weighted by molar-refractivity contribution is 7.22. The summed E-state index contributed by atoms with van der Waals surface area (Å²) in [5.41, 5.74) is -0.338. The number of thiazole rings is 1. The van der Waals surface area contributed by atoms with Crippen molar-refractivity contribution in [2.75, 3.05) is 17.3 Å². The van der Waals surface area contributed by atoms with E-state index < -0.39 is 82.9 Å². The second-order valence-electron chi connectivity index (χ2n) is 19.1. The zero-order valence-corrected chi connectivity index (χ0v) is 40.2. The average molecular weight is 972 g/mol. The van der Waals surface area contributed by atoms with Gasteiger partial charge in [0.1, 0.15) is 35.0 Å². The van der Waals surface area contributed by atoms with Crippen LogP contribution in [0.3, 0.4) is 0 Å². The molecule has 2 saturated heterocycles. The van der Waals surface area contributed by atoms with Crippen LogP contribution in [0.5, 0.6) is 5.75 Å².